The highest BCUT2D eigenvalue weighted by Gasteiger charge is 2.39. The fourth-order valence-electron chi connectivity index (χ4n) is 2.74. The Morgan fingerprint density at radius 2 is 1.81 bits per heavy atom. The molecule has 0 radical (unpaired) electrons. The molecule has 0 spiro atoms. The predicted octanol–water partition coefficient (Wildman–Crippen LogP) is 2.87. The van der Waals surface area contributed by atoms with Gasteiger partial charge in [0.1, 0.15) is 5.82 Å². The van der Waals surface area contributed by atoms with Crippen LogP contribution in [-0.4, -0.2) is 17.4 Å². The van der Waals surface area contributed by atoms with Crippen LogP contribution in [-0.2, 0) is 12.1 Å². The van der Waals surface area contributed by atoms with Crippen molar-refractivity contribution in [2.24, 2.45) is 10.7 Å². The topological polar surface area (TPSA) is 41.6 Å². The van der Waals surface area contributed by atoms with Gasteiger partial charge in [-0.25, -0.2) is 4.39 Å². The van der Waals surface area contributed by atoms with E-state index in [4.69, 9.17) is 5.73 Å². The van der Waals surface area contributed by atoms with Crippen molar-refractivity contribution < 1.29 is 4.39 Å². The Labute approximate surface area is 123 Å². The third-order valence-electron chi connectivity index (χ3n) is 4.07. The van der Waals surface area contributed by atoms with E-state index >= 15 is 0 Å². The van der Waals surface area contributed by atoms with Gasteiger partial charge < -0.3 is 10.6 Å². The molecule has 2 N–H and O–H groups in total. The molecule has 1 aliphatic rings. The lowest BCUT2D eigenvalue weighted by atomic mass is 9.90. The first kappa shape index (κ1) is 13.6. The first-order valence-electron chi connectivity index (χ1n) is 6.97. The SMILES string of the molecule is CC1(c2ccc(F)cc2)CN=C(N)N1Cc1ccccc1. The molecule has 0 fully saturated rings. The highest BCUT2D eigenvalue weighted by atomic mass is 19.1. The van der Waals surface area contributed by atoms with Gasteiger partial charge in [0.15, 0.2) is 5.96 Å². The van der Waals surface area contributed by atoms with Crippen molar-refractivity contribution in [3.8, 4) is 0 Å². The summed E-state index contributed by atoms with van der Waals surface area (Å²) >= 11 is 0. The number of rotatable bonds is 3. The molecule has 21 heavy (non-hydrogen) atoms. The molecule has 1 atom stereocenters. The van der Waals surface area contributed by atoms with E-state index in [0.717, 1.165) is 5.56 Å². The lowest BCUT2D eigenvalue weighted by Gasteiger charge is -2.36. The van der Waals surface area contributed by atoms with Crippen LogP contribution in [0.25, 0.3) is 0 Å². The van der Waals surface area contributed by atoms with Gasteiger partial charge in [0.05, 0.1) is 12.1 Å². The quantitative estimate of drug-likeness (QED) is 0.941. The van der Waals surface area contributed by atoms with Gasteiger partial charge in [-0.3, -0.25) is 4.99 Å². The molecular weight excluding hydrogens is 265 g/mol. The molecule has 3 nitrogen and oxygen atoms in total. The first-order chi connectivity index (χ1) is 10.1. The summed E-state index contributed by atoms with van der Waals surface area (Å²) in [6.07, 6.45) is 0. The second kappa shape index (κ2) is 5.20. The number of hydrogen-bond donors (Lipinski definition) is 1. The van der Waals surface area contributed by atoms with E-state index in [0.29, 0.717) is 19.0 Å². The molecule has 0 amide bonds. The molecule has 2 aromatic carbocycles. The maximum atomic E-state index is 13.2. The molecular formula is C17H18FN3. The van der Waals surface area contributed by atoms with Crippen LogP contribution in [0.15, 0.2) is 59.6 Å². The highest BCUT2D eigenvalue weighted by molar-refractivity contribution is 5.81. The van der Waals surface area contributed by atoms with Crippen molar-refractivity contribution in [1.82, 2.24) is 4.90 Å². The smallest absolute Gasteiger partial charge is 0.192 e. The van der Waals surface area contributed by atoms with Gasteiger partial charge in [-0.05, 0) is 30.2 Å². The van der Waals surface area contributed by atoms with E-state index in [1.54, 1.807) is 12.1 Å². The summed E-state index contributed by atoms with van der Waals surface area (Å²) in [5.41, 5.74) is 7.92. The molecule has 1 heterocycles. The predicted molar refractivity (Wildman–Crippen MR) is 82.2 cm³/mol. The maximum Gasteiger partial charge on any atom is 0.192 e. The summed E-state index contributed by atoms with van der Waals surface area (Å²) in [5.74, 6) is 0.300. The van der Waals surface area contributed by atoms with Gasteiger partial charge in [0, 0.05) is 6.54 Å². The fraction of sp³-hybridized carbons (Fsp3) is 0.235. The molecule has 1 aliphatic heterocycles. The molecule has 0 saturated carbocycles. The molecule has 3 rings (SSSR count). The maximum absolute atomic E-state index is 13.2. The Bertz CT molecular complexity index is 651. The van der Waals surface area contributed by atoms with Gasteiger partial charge in [0.25, 0.3) is 0 Å². The van der Waals surface area contributed by atoms with E-state index in [1.807, 2.05) is 18.2 Å². The second-order valence-electron chi connectivity index (χ2n) is 5.53. The van der Waals surface area contributed by atoms with Gasteiger partial charge in [-0.1, -0.05) is 42.5 Å². The van der Waals surface area contributed by atoms with E-state index in [9.17, 15) is 4.39 Å². The Morgan fingerprint density at radius 3 is 2.48 bits per heavy atom. The van der Waals surface area contributed by atoms with Crippen molar-refractivity contribution in [2.45, 2.75) is 19.0 Å². The average molecular weight is 283 g/mol. The van der Waals surface area contributed by atoms with Crippen LogP contribution in [0.3, 0.4) is 0 Å². The highest BCUT2D eigenvalue weighted by Crippen LogP contribution is 2.33. The normalized spacial score (nSPS) is 21.4. The van der Waals surface area contributed by atoms with Crippen LogP contribution in [0.1, 0.15) is 18.1 Å². The lowest BCUT2D eigenvalue weighted by molar-refractivity contribution is 0.217. The number of guanidine groups is 1. The van der Waals surface area contributed by atoms with Crippen LogP contribution in [0, 0.1) is 5.82 Å². The standard InChI is InChI=1S/C17H18FN3/c1-17(14-7-9-15(18)10-8-14)12-20-16(19)21(17)11-13-5-3-2-4-6-13/h2-10H,11-12H2,1H3,(H2,19,20). The van der Waals surface area contributed by atoms with Crippen molar-refractivity contribution in [3.63, 3.8) is 0 Å². The van der Waals surface area contributed by atoms with Crippen molar-refractivity contribution in [3.05, 3.63) is 71.5 Å². The molecule has 0 saturated heterocycles. The molecule has 1 unspecified atom stereocenters. The number of nitrogens with zero attached hydrogens (tertiary/aromatic N) is 2. The summed E-state index contributed by atoms with van der Waals surface area (Å²) in [4.78, 5) is 6.47. The van der Waals surface area contributed by atoms with E-state index < -0.39 is 0 Å². The van der Waals surface area contributed by atoms with Crippen molar-refractivity contribution in [2.75, 3.05) is 6.54 Å². The van der Waals surface area contributed by atoms with E-state index in [1.165, 1.54) is 17.7 Å². The van der Waals surface area contributed by atoms with Crippen molar-refractivity contribution >= 4 is 5.96 Å². The summed E-state index contributed by atoms with van der Waals surface area (Å²) in [6, 6.07) is 16.7. The monoisotopic (exact) mass is 283 g/mol. The zero-order valence-electron chi connectivity index (χ0n) is 12.0. The molecule has 0 aliphatic carbocycles. The van der Waals surface area contributed by atoms with Gasteiger partial charge >= 0.3 is 0 Å². The Balaban J connectivity index is 1.92. The number of hydrogen-bond acceptors (Lipinski definition) is 3. The Hall–Kier alpha value is -2.36. The summed E-state index contributed by atoms with van der Waals surface area (Å²) in [6.45, 7) is 3.36. The molecule has 4 heteroatoms. The largest absolute Gasteiger partial charge is 0.370 e. The van der Waals surface area contributed by atoms with Crippen LogP contribution >= 0.6 is 0 Å². The van der Waals surface area contributed by atoms with Crippen LogP contribution in [0.5, 0.6) is 0 Å². The van der Waals surface area contributed by atoms with Gasteiger partial charge in [-0.15, -0.1) is 0 Å². The Kier molecular flexibility index (Phi) is 3.37. The number of halogens is 1. The summed E-state index contributed by atoms with van der Waals surface area (Å²) in [5, 5.41) is 0. The number of benzene rings is 2. The van der Waals surface area contributed by atoms with Crippen LogP contribution < -0.4 is 5.73 Å². The van der Waals surface area contributed by atoms with E-state index in [-0.39, 0.29) is 11.4 Å². The van der Waals surface area contributed by atoms with Crippen molar-refractivity contribution in [1.29, 1.82) is 0 Å². The minimum atomic E-state index is -0.340. The third-order valence-corrected chi connectivity index (χ3v) is 4.07. The number of aliphatic imine (C=N–C) groups is 1. The molecule has 108 valence electrons. The van der Waals surface area contributed by atoms with Gasteiger partial charge in [-0.2, -0.15) is 0 Å². The zero-order chi connectivity index (χ0) is 14.9. The minimum absolute atomic E-state index is 0.233. The molecule has 0 bridgehead atoms. The number of nitrogens with two attached hydrogens (primary N) is 1. The molecule has 2 aromatic rings. The molecule has 0 aromatic heterocycles. The minimum Gasteiger partial charge on any atom is -0.370 e. The average Bonchev–Trinajstić information content (AvgIpc) is 2.78. The third kappa shape index (κ3) is 2.49. The first-order valence-corrected chi connectivity index (χ1v) is 6.97. The summed E-state index contributed by atoms with van der Waals surface area (Å²) in [7, 11) is 0. The Morgan fingerprint density at radius 1 is 1.14 bits per heavy atom. The fourth-order valence-corrected chi connectivity index (χ4v) is 2.74. The van der Waals surface area contributed by atoms with Crippen LogP contribution in [0.2, 0.25) is 0 Å². The summed E-state index contributed by atoms with van der Waals surface area (Å²) < 4.78 is 13.2. The lowest BCUT2D eigenvalue weighted by Crippen LogP contribution is -2.46. The second-order valence-corrected chi connectivity index (χ2v) is 5.53. The van der Waals surface area contributed by atoms with Crippen LogP contribution in [0.4, 0.5) is 4.39 Å². The van der Waals surface area contributed by atoms with Gasteiger partial charge in [0.2, 0.25) is 0 Å². The zero-order valence-corrected chi connectivity index (χ0v) is 12.0. The van der Waals surface area contributed by atoms with E-state index in [2.05, 4.69) is 28.9 Å².